The standard InChI is InChI=1S/C11H6F3NOS3/c12-11(13,14)19-7-3-1-6(2-4-7)5-8-9(16)15-10(17)18-8/h1-5H,(H,15,16,17)/b8-5+. The van der Waals surface area contributed by atoms with Crippen LogP contribution < -0.4 is 5.32 Å². The maximum Gasteiger partial charge on any atom is 0.446 e. The van der Waals surface area contributed by atoms with Gasteiger partial charge in [-0.2, -0.15) is 13.2 Å². The molecule has 0 radical (unpaired) electrons. The van der Waals surface area contributed by atoms with Gasteiger partial charge in [0, 0.05) is 4.90 Å². The van der Waals surface area contributed by atoms with E-state index in [1.165, 1.54) is 24.3 Å². The first kappa shape index (κ1) is 14.4. The molecule has 0 aromatic heterocycles. The fraction of sp³-hybridized carbons (Fsp3) is 0.0909. The number of carbonyl (C=O) groups is 1. The first-order valence-electron chi connectivity index (χ1n) is 4.94. The minimum absolute atomic E-state index is 0.105. The van der Waals surface area contributed by atoms with E-state index in [1.54, 1.807) is 6.08 Å². The van der Waals surface area contributed by atoms with Gasteiger partial charge in [-0.25, -0.2) is 0 Å². The molecular weight excluding hydrogens is 315 g/mol. The van der Waals surface area contributed by atoms with Gasteiger partial charge >= 0.3 is 5.51 Å². The number of thiocarbonyl (C=S) groups is 1. The monoisotopic (exact) mass is 321 g/mol. The van der Waals surface area contributed by atoms with Crippen LogP contribution >= 0.6 is 35.7 Å². The predicted molar refractivity (Wildman–Crippen MR) is 74.7 cm³/mol. The Labute approximate surface area is 120 Å². The number of nitrogens with one attached hydrogen (secondary N) is 1. The van der Waals surface area contributed by atoms with Gasteiger partial charge in [-0.05, 0) is 35.5 Å². The summed E-state index contributed by atoms with van der Waals surface area (Å²) in [6, 6.07) is 5.77. The minimum atomic E-state index is -4.30. The molecule has 1 saturated heterocycles. The Hall–Kier alpha value is -0.990. The number of carbonyl (C=O) groups excluding carboxylic acids is 1. The molecule has 1 heterocycles. The van der Waals surface area contributed by atoms with Crippen molar-refractivity contribution in [2.75, 3.05) is 0 Å². The van der Waals surface area contributed by atoms with E-state index in [9.17, 15) is 18.0 Å². The van der Waals surface area contributed by atoms with E-state index in [1.807, 2.05) is 0 Å². The molecule has 100 valence electrons. The number of amides is 1. The Bertz CT molecular complexity index is 551. The number of hydrogen-bond acceptors (Lipinski definition) is 4. The summed E-state index contributed by atoms with van der Waals surface area (Å²) < 4.78 is 36.8. The van der Waals surface area contributed by atoms with Crippen LogP contribution in [0.15, 0.2) is 34.1 Å². The van der Waals surface area contributed by atoms with Crippen LogP contribution in [0.1, 0.15) is 5.56 Å². The van der Waals surface area contributed by atoms with E-state index in [2.05, 4.69) is 5.32 Å². The Morgan fingerprint density at radius 2 is 1.89 bits per heavy atom. The topological polar surface area (TPSA) is 29.1 Å². The molecule has 8 heteroatoms. The van der Waals surface area contributed by atoms with Crippen molar-refractivity contribution in [3.8, 4) is 0 Å². The Morgan fingerprint density at radius 3 is 2.37 bits per heavy atom. The van der Waals surface area contributed by atoms with E-state index < -0.39 is 5.51 Å². The molecule has 19 heavy (non-hydrogen) atoms. The average Bonchev–Trinajstić information content (AvgIpc) is 2.58. The molecule has 1 amide bonds. The molecule has 0 saturated carbocycles. The minimum Gasteiger partial charge on any atom is -0.307 e. The molecule has 0 unspecified atom stereocenters. The fourth-order valence-corrected chi connectivity index (χ4v) is 2.92. The van der Waals surface area contributed by atoms with Crippen LogP contribution in [-0.4, -0.2) is 15.7 Å². The predicted octanol–water partition coefficient (Wildman–Crippen LogP) is 3.79. The molecule has 2 nitrogen and oxygen atoms in total. The van der Waals surface area contributed by atoms with Gasteiger partial charge in [0.25, 0.3) is 5.91 Å². The lowest BCUT2D eigenvalue weighted by Gasteiger charge is -2.05. The second-order valence-electron chi connectivity index (χ2n) is 3.47. The molecule has 0 aliphatic carbocycles. The number of rotatable bonds is 2. The molecule has 0 bridgehead atoms. The summed E-state index contributed by atoms with van der Waals surface area (Å²) in [4.78, 5) is 11.9. The number of benzene rings is 1. The highest BCUT2D eigenvalue weighted by molar-refractivity contribution is 8.26. The van der Waals surface area contributed by atoms with Crippen molar-refractivity contribution in [3.05, 3.63) is 34.7 Å². The third-order valence-corrected chi connectivity index (χ3v) is 3.96. The lowest BCUT2D eigenvalue weighted by atomic mass is 10.2. The van der Waals surface area contributed by atoms with Gasteiger partial charge in [0.05, 0.1) is 4.91 Å². The maximum absolute atomic E-state index is 12.1. The van der Waals surface area contributed by atoms with Crippen LogP contribution in [0.5, 0.6) is 0 Å². The maximum atomic E-state index is 12.1. The van der Waals surface area contributed by atoms with Crippen molar-refractivity contribution in [3.63, 3.8) is 0 Å². The first-order valence-corrected chi connectivity index (χ1v) is 6.98. The number of hydrogen-bond donors (Lipinski definition) is 1. The first-order chi connectivity index (χ1) is 8.83. The van der Waals surface area contributed by atoms with Crippen LogP contribution in [0, 0.1) is 0 Å². The lowest BCUT2D eigenvalue weighted by Crippen LogP contribution is -2.17. The highest BCUT2D eigenvalue weighted by atomic mass is 32.2. The van der Waals surface area contributed by atoms with Crippen molar-refractivity contribution >= 4 is 52.0 Å². The van der Waals surface area contributed by atoms with Crippen LogP contribution in [-0.2, 0) is 4.79 Å². The third-order valence-electron chi connectivity index (χ3n) is 2.05. The second kappa shape index (κ2) is 5.56. The summed E-state index contributed by atoms with van der Waals surface area (Å²) in [5, 5.41) is 2.46. The van der Waals surface area contributed by atoms with E-state index >= 15 is 0 Å². The van der Waals surface area contributed by atoms with Gasteiger partial charge in [0.1, 0.15) is 4.32 Å². The van der Waals surface area contributed by atoms with E-state index in [0.717, 1.165) is 11.8 Å². The highest BCUT2D eigenvalue weighted by Crippen LogP contribution is 2.37. The zero-order valence-electron chi connectivity index (χ0n) is 9.15. The molecule has 1 aliphatic rings. The molecule has 0 spiro atoms. The zero-order chi connectivity index (χ0) is 14.0. The van der Waals surface area contributed by atoms with Crippen LogP contribution in [0.3, 0.4) is 0 Å². The summed E-state index contributed by atoms with van der Waals surface area (Å²) in [5.41, 5.74) is -3.65. The van der Waals surface area contributed by atoms with Crippen molar-refractivity contribution in [2.45, 2.75) is 10.4 Å². The fourth-order valence-electron chi connectivity index (χ4n) is 1.34. The van der Waals surface area contributed by atoms with Gasteiger partial charge in [0.2, 0.25) is 0 Å². The molecule has 1 N–H and O–H groups in total. The summed E-state index contributed by atoms with van der Waals surface area (Å²) in [5.74, 6) is -0.288. The summed E-state index contributed by atoms with van der Waals surface area (Å²) >= 11 is 5.79. The van der Waals surface area contributed by atoms with Gasteiger partial charge in [-0.3, -0.25) is 4.79 Å². The van der Waals surface area contributed by atoms with Crippen molar-refractivity contribution in [1.29, 1.82) is 0 Å². The van der Waals surface area contributed by atoms with Gasteiger partial charge in [-0.1, -0.05) is 36.1 Å². The molecule has 1 aromatic rings. The Balaban J connectivity index is 2.13. The summed E-state index contributed by atoms with van der Waals surface area (Å²) in [7, 11) is 0. The number of halogens is 3. The molecule has 1 aromatic carbocycles. The van der Waals surface area contributed by atoms with Crippen molar-refractivity contribution in [1.82, 2.24) is 5.32 Å². The molecule has 1 aliphatic heterocycles. The van der Waals surface area contributed by atoms with Crippen LogP contribution in [0.25, 0.3) is 6.08 Å². The SMILES string of the molecule is O=C1NC(=S)S/C1=C/c1ccc(SC(F)(F)F)cc1. The molecule has 0 atom stereocenters. The van der Waals surface area contributed by atoms with Crippen molar-refractivity contribution in [2.24, 2.45) is 0 Å². The second-order valence-corrected chi connectivity index (χ2v) is 6.33. The van der Waals surface area contributed by atoms with Crippen molar-refractivity contribution < 1.29 is 18.0 Å². The summed E-state index contributed by atoms with van der Waals surface area (Å²) in [6.45, 7) is 0. The molecule has 2 rings (SSSR count). The lowest BCUT2D eigenvalue weighted by molar-refractivity contribution is -0.115. The van der Waals surface area contributed by atoms with Gasteiger partial charge in [-0.15, -0.1) is 0 Å². The smallest absolute Gasteiger partial charge is 0.307 e. The number of thioether (sulfide) groups is 2. The highest BCUT2D eigenvalue weighted by Gasteiger charge is 2.29. The Morgan fingerprint density at radius 1 is 1.26 bits per heavy atom. The quantitative estimate of drug-likeness (QED) is 0.510. The van der Waals surface area contributed by atoms with Gasteiger partial charge < -0.3 is 5.32 Å². The molecule has 1 fully saturated rings. The average molecular weight is 321 g/mol. The normalized spacial score (nSPS) is 17.9. The van der Waals surface area contributed by atoms with Crippen LogP contribution in [0.4, 0.5) is 13.2 Å². The molecular formula is C11H6F3NOS3. The number of alkyl halides is 3. The third kappa shape index (κ3) is 4.26. The Kier molecular flexibility index (Phi) is 4.22. The van der Waals surface area contributed by atoms with Gasteiger partial charge in [0.15, 0.2) is 0 Å². The van der Waals surface area contributed by atoms with Crippen LogP contribution in [0.2, 0.25) is 0 Å². The zero-order valence-corrected chi connectivity index (χ0v) is 11.6. The van der Waals surface area contributed by atoms with E-state index in [4.69, 9.17) is 12.2 Å². The largest absolute Gasteiger partial charge is 0.446 e. The summed E-state index contributed by atoms with van der Waals surface area (Å²) in [6.07, 6.45) is 1.58. The van der Waals surface area contributed by atoms with E-state index in [0.29, 0.717) is 14.8 Å². The van der Waals surface area contributed by atoms with E-state index in [-0.39, 0.29) is 22.6 Å².